The Morgan fingerprint density at radius 3 is 2.50 bits per heavy atom. The van der Waals surface area contributed by atoms with Gasteiger partial charge in [0.2, 0.25) is 0 Å². The van der Waals surface area contributed by atoms with E-state index in [0.717, 1.165) is 5.56 Å². The standard InChI is InChI=1S/C12H8BrIO2/c13-12-10(5-6-16-12)11(15)7-8-1-3-9(14)4-2-8/h1-6H,7H2. The van der Waals surface area contributed by atoms with Crippen LogP contribution in [0.4, 0.5) is 0 Å². The molecule has 0 spiro atoms. The predicted octanol–water partition coefficient (Wildman–Crippen LogP) is 4.07. The fourth-order valence-electron chi connectivity index (χ4n) is 1.38. The van der Waals surface area contributed by atoms with Crippen molar-refractivity contribution in [2.45, 2.75) is 6.42 Å². The molecule has 0 atom stereocenters. The lowest BCUT2D eigenvalue weighted by Crippen LogP contribution is -2.02. The van der Waals surface area contributed by atoms with Crippen molar-refractivity contribution in [1.82, 2.24) is 0 Å². The Balaban J connectivity index is 2.14. The van der Waals surface area contributed by atoms with E-state index in [1.165, 1.54) is 9.83 Å². The van der Waals surface area contributed by atoms with Crippen LogP contribution in [0.15, 0.2) is 45.7 Å². The van der Waals surface area contributed by atoms with Crippen molar-refractivity contribution in [2.75, 3.05) is 0 Å². The number of benzene rings is 1. The van der Waals surface area contributed by atoms with E-state index in [4.69, 9.17) is 4.42 Å². The highest BCUT2D eigenvalue weighted by Crippen LogP contribution is 2.19. The number of ketones is 1. The number of furan rings is 1. The first kappa shape index (κ1) is 11.9. The smallest absolute Gasteiger partial charge is 0.179 e. The molecule has 0 bridgehead atoms. The van der Waals surface area contributed by atoms with Gasteiger partial charge in [-0.25, -0.2) is 0 Å². The van der Waals surface area contributed by atoms with Crippen LogP contribution in [-0.4, -0.2) is 5.78 Å². The van der Waals surface area contributed by atoms with E-state index in [0.29, 0.717) is 16.7 Å². The van der Waals surface area contributed by atoms with Crippen molar-refractivity contribution in [3.8, 4) is 0 Å². The van der Waals surface area contributed by atoms with Crippen molar-refractivity contribution < 1.29 is 9.21 Å². The molecule has 2 nitrogen and oxygen atoms in total. The van der Waals surface area contributed by atoms with Crippen LogP contribution < -0.4 is 0 Å². The Labute approximate surface area is 115 Å². The molecule has 0 amide bonds. The first-order valence-corrected chi connectivity index (χ1v) is 6.54. The molecule has 2 rings (SSSR count). The quantitative estimate of drug-likeness (QED) is 0.584. The van der Waals surface area contributed by atoms with Crippen LogP contribution in [0.5, 0.6) is 0 Å². The molecule has 82 valence electrons. The summed E-state index contributed by atoms with van der Waals surface area (Å²) in [6.07, 6.45) is 1.90. The van der Waals surface area contributed by atoms with Gasteiger partial charge >= 0.3 is 0 Å². The maximum absolute atomic E-state index is 11.9. The molecule has 0 aliphatic carbocycles. The average Bonchev–Trinajstić information content (AvgIpc) is 2.68. The third kappa shape index (κ3) is 2.74. The molecule has 0 saturated heterocycles. The van der Waals surface area contributed by atoms with Gasteiger partial charge in [-0.05, 0) is 62.3 Å². The van der Waals surface area contributed by atoms with Gasteiger partial charge in [-0.3, -0.25) is 4.79 Å². The lowest BCUT2D eigenvalue weighted by atomic mass is 10.1. The number of carbonyl (C=O) groups is 1. The van der Waals surface area contributed by atoms with E-state index < -0.39 is 0 Å². The maximum atomic E-state index is 11.9. The molecule has 0 N–H and O–H groups in total. The van der Waals surface area contributed by atoms with Crippen LogP contribution in [0.2, 0.25) is 0 Å². The second-order valence-corrected chi connectivity index (χ2v) is 5.30. The zero-order valence-corrected chi connectivity index (χ0v) is 12.0. The van der Waals surface area contributed by atoms with E-state index in [2.05, 4.69) is 38.5 Å². The number of carbonyl (C=O) groups excluding carboxylic acids is 1. The number of halogens is 2. The first-order valence-electron chi connectivity index (χ1n) is 4.67. The van der Waals surface area contributed by atoms with E-state index in [-0.39, 0.29) is 5.78 Å². The lowest BCUT2D eigenvalue weighted by molar-refractivity contribution is 0.0991. The van der Waals surface area contributed by atoms with E-state index in [1.54, 1.807) is 6.07 Å². The van der Waals surface area contributed by atoms with Crippen LogP contribution >= 0.6 is 38.5 Å². The maximum Gasteiger partial charge on any atom is 0.179 e. The molecule has 0 aliphatic rings. The molecule has 1 heterocycles. The first-order chi connectivity index (χ1) is 7.66. The van der Waals surface area contributed by atoms with Gasteiger partial charge in [-0.15, -0.1) is 0 Å². The zero-order chi connectivity index (χ0) is 11.5. The highest BCUT2D eigenvalue weighted by molar-refractivity contribution is 14.1. The van der Waals surface area contributed by atoms with Crippen molar-refractivity contribution >= 4 is 44.3 Å². The Morgan fingerprint density at radius 1 is 1.25 bits per heavy atom. The van der Waals surface area contributed by atoms with Crippen LogP contribution in [-0.2, 0) is 6.42 Å². The van der Waals surface area contributed by atoms with Gasteiger partial charge < -0.3 is 4.42 Å². The number of rotatable bonds is 3. The minimum Gasteiger partial charge on any atom is -0.457 e. The average molecular weight is 391 g/mol. The highest BCUT2D eigenvalue weighted by Gasteiger charge is 2.12. The molecule has 4 heteroatoms. The summed E-state index contributed by atoms with van der Waals surface area (Å²) < 4.78 is 6.70. The van der Waals surface area contributed by atoms with Crippen LogP contribution in [0.3, 0.4) is 0 Å². The Bertz CT molecular complexity index is 502. The summed E-state index contributed by atoms with van der Waals surface area (Å²) in [6, 6.07) is 9.60. The van der Waals surface area contributed by atoms with Gasteiger partial charge in [-0.1, -0.05) is 12.1 Å². The zero-order valence-electron chi connectivity index (χ0n) is 8.24. The Morgan fingerprint density at radius 2 is 1.94 bits per heavy atom. The van der Waals surface area contributed by atoms with Gasteiger partial charge in [0.05, 0.1) is 11.8 Å². The topological polar surface area (TPSA) is 30.2 Å². The Kier molecular flexibility index (Phi) is 3.81. The fraction of sp³-hybridized carbons (Fsp3) is 0.0833. The Hall–Kier alpha value is -0.620. The lowest BCUT2D eigenvalue weighted by Gasteiger charge is -2.00. The van der Waals surface area contributed by atoms with E-state index >= 15 is 0 Å². The van der Waals surface area contributed by atoms with Crippen molar-refractivity contribution in [2.24, 2.45) is 0 Å². The highest BCUT2D eigenvalue weighted by atomic mass is 127. The summed E-state index contributed by atoms with van der Waals surface area (Å²) in [5, 5.41) is 0. The van der Waals surface area contributed by atoms with Gasteiger partial charge in [0.15, 0.2) is 10.5 Å². The summed E-state index contributed by atoms with van der Waals surface area (Å²) >= 11 is 5.44. The monoisotopic (exact) mass is 390 g/mol. The molecule has 0 aliphatic heterocycles. The summed E-state index contributed by atoms with van der Waals surface area (Å²) in [4.78, 5) is 11.9. The number of Topliss-reactive ketones (excluding diaryl/α,β-unsaturated/α-hetero) is 1. The minimum atomic E-state index is 0.0573. The number of hydrogen-bond donors (Lipinski definition) is 0. The summed E-state index contributed by atoms with van der Waals surface area (Å²) in [6.45, 7) is 0. The van der Waals surface area contributed by atoms with Crippen LogP contribution in [0.25, 0.3) is 0 Å². The normalized spacial score (nSPS) is 10.4. The van der Waals surface area contributed by atoms with Crippen LogP contribution in [0.1, 0.15) is 15.9 Å². The summed E-state index contributed by atoms with van der Waals surface area (Å²) in [5.41, 5.74) is 1.61. The van der Waals surface area contributed by atoms with Gasteiger partial charge in [-0.2, -0.15) is 0 Å². The molecule has 0 saturated carbocycles. The summed E-state index contributed by atoms with van der Waals surface area (Å²) in [7, 11) is 0. The second-order valence-electron chi connectivity index (χ2n) is 3.33. The van der Waals surface area contributed by atoms with E-state index in [9.17, 15) is 4.79 Å². The third-order valence-corrected chi connectivity index (χ3v) is 3.53. The third-order valence-electron chi connectivity index (χ3n) is 2.20. The molecule has 0 fully saturated rings. The minimum absolute atomic E-state index is 0.0573. The molecule has 16 heavy (non-hydrogen) atoms. The fourth-order valence-corrected chi connectivity index (χ4v) is 2.20. The predicted molar refractivity (Wildman–Crippen MR) is 73.6 cm³/mol. The second kappa shape index (κ2) is 5.14. The van der Waals surface area contributed by atoms with Crippen LogP contribution in [0, 0.1) is 3.57 Å². The molecular weight excluding hydrogens is 383 g/mol. The SMILES string of the molecule is O=C(Cc1ccc(I)cc1)c1ccoc1Br. The molecule has 1 aromatic heterocycles. The van der Waals surface area contributed by atoms with Gasteiger partial charge in [0, 0.05) is 9.99 Å². The number of hydrogen-bond acceptors (Lipinski definition) is 2. The van der Waals surface area contributed by atoms with Gasteiger partial charge in [0.1, 0.15) is 0 Å². The molecule has 2 aromatic rings. The van der Waals surface area contributed by atoms with Crippen molar-refractivity contribution in [3.63, 3.8) is 0 Å². The molecule has 1 aromatic carbocycles. The largest absolute Gasteiger partial charge is 0.457 e. The van der Waals surface area contributed by atoms with Gasteiger partial charge in [0.25, 0.3) is 0 Å². The molecular formula is C12H8BrIO2. The molecule has 0 unspecified atom stereocenters. The molecule has 0 radical (unpaired) electrons. The van der Waals surface area contributed by atoms with Crippen molar-refractivity contribution in [1.29, 1.82) is 0 Å². The van der Waals surface area contributed by atoms with Crippen molar-refractivity contribution in [3.05, 3.63) is 56.0 Å². The van der Waals surface area contributed by atoms with E-state index in [1.807, 2.05) is 24.3 Å². The summed E-state index contributed by atoms with van der Waals surface area (Å²) in [5.74, 6) is 0.0573.